The van der Waals surface area contributed by atoms with Crippen molar-refractivity contribution in [2.45, 2.75) is 30.4 Å². The van der Waals surface area contributed by atoms with Crippen LogP contribution in [0.25, 0.3) is 0 Å². The second-order valence-electron chi connectivity index (χ2n) is 7.56. The normalized spacial score (nSPS) is 14.8. The van der Waals surface area contributed by atoms with Gasteiger partial charge < -0.3 is 9.47 Å². The Morgan fingerprint density at radius 2 is 1.91 bits per heavy atom. The van der Waals surface area contributed by atoms with Crippen molar-refractivity contribution in [2.75, 3.05) is 25.0 Å². The van der Waals surface area contributed by atoms with Crippen LogP contribution in [0.3, 0.4) is 0 Å². The molecule has 32 heavy (non-hydrogen) atoms. The molecule has 0 unspecified atom stereocenters. The zero-order valence-corrected chi connectivity index (χ0v) is 20.4. The minimum absolute atomic E-state index is 0.0224. The molecule has 0 spiro atoms. The Hall–Kier alpha value is -1.79. The fourth-order valence-corrected chi connectivity index (χ4v) is 5.50. The molecule has 1 aliphatic rings. The minimum Gasteiger partial charge on any atom is -0.489 e. The Labute approximate surface area is 199 Å². The molecule has 1 saturated carbocycles. The van der Waals surface area contributed by atoms with E-state index in [2.05, 4.69) is 11.3 Å². The maximum absolute atomic E-state index is 14.9. The van der Waals surface area contributed by atoms with Crippen molar-refractivity contribution in [1.82, 2.24) is 0 Å². The van der Waals surface area contributed by atoms with Crippen LogP contribution in [-0.2, 0) is 21.2 Å². The van der Waals surface area contributed by atoms with Gasteiger partial charge in [-0.2, -0.15) is 0 Å². The molecule has 0 radical (unpaired) electrons. The monoisotopic (exact) mass is 581 g/mol. The number of allylic oxidation sites excluding steroid dienone is 1. The van der Waals surface area contributed by atoms with Crippen LogP contribution in [0.4, 0.5) is 18.9 Å². The summed E-state index contributed by atoms with van der Waals surface area (Å²) in [7, 11) is -2.55. The fraction of sp³-hybridized carbons (Fsp3) is 0.364. The van der Waals surface area contributed by atoms with Crippen molar-refractivity contribution >= 4 is 38.3 Å². The first kappa shape index (κ1) is 24.8. The molecule has 1 aliphatic carbocycles. The molecule has 2 aromatic carbocycles. The molecule has 0 aliphatic heterocycles. The van der Waals surface area contributed by atoms with Gasteiger partial charge in [-0.15, -0.1) is 6.58 Å². The summed E-state index contributed by atoms with van der Waals surface area (Å²) in [5, 5.41) is 0. The van der Waals surface area contributed by atoms with Crippen LogP contribution >= 0.6 is 22.6 Å². The molecule has 174 valence electrons. The molecule has 0 aromatic heterocycles. The molecule has 0 atom stereocenters. The summed E-state index contributed by atoms with van der Waals surface area (Å²) in [5.74, 6) is -3.30. The highest BCUT2D eigenvalue weighted by atomic mass is 127. The Morgan fingerprint density at radius 1 is 1.19 bits per heavy atom. The lowest BCUT2D eigenvalue weighted by molar-refractivity contribution is 0.146. The van der Waals surface area contributed by atoms with Gasteiger partial charge in [0.15, 0.2) is 11.6 Å². The van der Waals surface area contributed by atoms with Gasteiger partial charge >= 0.3 is 0 Å². The molecule has 1 fully saturated rings. The standard InChI is InChI=1S/C22H23F3INO4S/c1-3-6-22(7-8-22)32(28,29)27-21-16(11-14-4-5-15(26)12-17(14)23)20(25)18(24)13-19(21)31-10-9-30-2/h3-5,12-13,27H,1,6-11H2,2H3. The maximum Gasteiger partial charge on any atom is 0.238 e. The zero-order valence-electron chi connectivity index (χ0n) is 17.4. The minimum atomic E-state index is -3.99. The number of sulfonamides is 1. The molecule has 0 amide bonds. The van der Waals surface area contributed by atoms with Crippen molar-refractivity contribution in [2.24, 2.45) is 0 Å². The van der Waals surface area contributed by atoms with Gasteiger partial charge in [-0.3, -0.25) is 4.72 Å². The molecule has 0 bridgehead atoms. The number of halogens is 4. The second kappa shape index (κ2) is 10.0. The van der Waals surface area contributed by atoms with Gasteiger partial charge in [0.2, 0.25) is 10.0 Å². The van der Waals surface area contributed by atoms with E-state index in [1.165, 1.54) is 25.3 Å². The Balaban J connectivity index is 2.10. The van der Waals surface area contributed by atoms with E-state index >= 15 is 0 Å². The molecular weight excluding hydrogens is 558 g/mol. The van der Waals surface area contributed by atoms with E-state index in [1.54, 1.807) is 6.07 Å². The second-order valence-corrected chi connectivity index (χ2v) is 10.9. The van der Waals surface area contributed by atoms with Gasteiger partial charge in [-0.05, 0) is 59.5 Å². The quantitative estimate of drug-likeness (QED) is 0.226. The number of benzene rings is 2. The number of methoxy groups -OCH3 is 1. The van der Waals surface area contributed by atoms with Gasteiger partial charge in [0.1, 0.15) is 18.2 Å². The van der Waals surface area contributed by atoms with Gasteiger partial charge in [-0.1, -0.05) is 12.1 Å². The van der Waals surface area contributed by atoms with E-state index in [1.807, 2.05) is 22.6 Å². The predicted molar refractivity (Wildman–Crippen MR) is 125 cm³/mol. The summed E-state index contributed by atoms with van der Waals surface area (Å²) < 4.78 is 82.5. The van der Waals surface area contributed by atoms with Crippen LogP contribution in [0.1, 0.15) is 30.4 Å². The first-order valence-corrected chi connectivity index (χ1v) is 12.4. The van der Waals surface area contributed by atoms with Crippen LogP contribution in [-0.4, -0.2) is 33.5 Å². The van der Waals surface area contributed by atoms with Crippen LogP contribution in [0.15, 0.2) is 36.9 Å². The Bertz CT molecular complexity index is 1120. The van der Waals surface area contributed by atoms with Crippen LogP contribution in [0.5, 0.6) is 5.75 Å². The molecule has 1 N–H and O–H groups in total. The van der Waals surface area contributed by atoms with E-state index < -0.39 is 32.2 Å². The van der Waals surface area contributed by atoms with E-state index in [0.717, 1.165) is 6.07 Å². The summed E-state index contributed by atoms with van der Waals surface area (Å²) in [4.78, 5) is 0. The average Bonchev–Trinajstić information content (AvgIpc) is 3.52. The highest BCUT2D eigenvalue weighted by Crippen LogP contribution is 2.48. The van der Waals surface area contributed by atoms with Gasteiger partial charge in [0.05, 0.1) is 17.0 Å². The lowest BCUT2D eigenvalue weighted by Crippen LogP contribution is -2.30. The maximum atomic E-state index is 14.9. The van der Waals surface area contributed by atoms with Gasteiger partial charge in [0, 0.05) is 28.7 Å². The van der Waals surface area contributed by atoms with Crippen molar-refractivity contribution in [1.29, 1.82) is 0 Å². The van der Waals surface area contributed by atoms with Gasteiger partial charge in [0.25, 0.3) is 0 Å². The topological polar surface area (TPSA) is 64.6 Å². The van der Waals surface area contributed by atoms with E-state index in [9.17, 15) is 21.6 Å². The first-order chi connectivity index (χ1) is 15.1. The van der Waals surface area contributed by atoms with Gasteiger partial charge in [-0.25, -0.2) is 21.6 Å². The van der Waals surface area contributed by atoms with Crippen molar-refractivity contribution in [3.63, 3.8) is 0 Å². The van der Waals surface area contributed by atoms with E-state index in [0.29, 0.717) is 16.4 Å². The number of hydrogen-bond acceptors (Lipinski definition) is 4. The molecular formula is C22H23F3INO4S. The summed E-state index contributed by atoms with van der Waals surface area (Å²) in [6.07, 6.45) is 2.18. The molecule has 3 rings (SSSR count). The number of nitrogens with one attached hydrogen (secondary N) is 1. The Morgan fingerprint density at radius 3 is 2.50 bits per heavy atom. The van der Waals surface area contributed by atoms with Crippen LogP contribution in [0, 0.1) is 21.0 Å². The van der Waals surface area contributed by atoms with Crippen LogP contribution in [0.2, 0.25) is 0 Å². The molecule has 0 heterocycles. The number of anilines is 1. The average molecular weight is 581 g/mol. The first-order valence-electron chi connectivity index (χ1n) is 9.84. The highest BCUT2D eigenvalue weighted by molar-refractivity contribution is 14.1. The SMILES string of the molecule is C=CCC1(S(=O)(=O)Nc2c(OCCOC)cc(F)c(F)c2Cc2ccc(I)cc2F)CC1. The third-order valence-electron chi connectivity index (χ3n) is 5.34. The zero-order chi connectivity index (χ0) is 23.5. The summed E-state index contributed by atoms with van der Waals surface area (Å²) in [5.41, 5.74) is -0.491. The van der Waals surface area contributed by atoms with Crippen molar-refractivity contribution < 1.29 is 31.1 Å². The molecule has 10 heteroatoms. The number of hydrogen-bond donors (Lipinski definition) is 1. The third kappa shape index (κ3) is 5.23. The predicted octanol–water partition coefficient (Wildman–Crippen LogP) is 5.17. The summed E-state index contributed by atoms with van der Waals surface area (Å²) in [6, 6.07) is 5.12. The lowest BCUT2D eigenvalue weighted by Gasteiger charge is -2.22. The number of rotatable bonds is 11. The molecule has 2 aromatic rings. The van der Waals surface area contributed by atoms with Crippen molar-refractivity contribution in [3.8, 4) is 5.75 Å². The summed E-state index contributed by atoms with van der Waals surface area (Å²) >= 11 is 1.93. The lowest BCUT2D eigenvalue weighted by atomic mass is 10.0. The number of ether oxygens (including phenoxy) is 2. The van der Waals surface area contributed by atoms with E-state index in [-0.39, 0.29) is 48.6 Å². The third-order valence-corrected chi connectivity index (χ3v) is 8.20. The highest BCUT2D eigenvalue weighted by Gasteiger charge is 2.54. The molecule has 0 saturated heterocycles. The summed E-state index contributed by atoms with van der Waals surface area (Å²) in [6.45, 7) is 3.73. The smallest absolute Gasteiger partial charge is 0.238 e. The Kier molecular flexibility index (Phi) is 7.77. The van der Waals surface area contributed by atoms with Crippen molar-refractivity contribution in [3.05, 3.63) is 69.1 Å². The fourth-order valence-electron chi connectivity index (χ4n) is 3.36. The van der Waals surface area contributed by atoms with Crippen LogP contribution < -0.4 is 9.46 Å². The largest absolute Gasteiger partial charge is 0.489 e. The molecule has 5 nitrogen and oxygen atoms in total. The van der Waals surface area contributed by atoms with E-state index in [4.69, 9.17) is 9.47 Å².